The molecule has 0 saturated heterocycles. The van der Waals surface area contributed by atoms with Crippen molar-refractivity contribution in [1.82, 2.24) is 24.1 Å². The third-order valence-corrected chi connectivity index (χ3v) is 14.1. The van der Waals surface area contributed by atoms with E-state index in [1.165, 1.54) is 76.7 Å². The molecule has 0 radical (unpaired) electrons. The second-order valence-corrected chi connectivity index (χ2v) is 18.1. The highest BCUT2D eigenvalue weighted by atomic mass is 16.3. The summed E-state index contributed by atoms with van der Waals surface area (Å²) in [5.74, 6) is 1.65. The fourth-order valence-electron chi connectivity index (χ4n) is 11.0. The van der Waals surface area contributed by atoms with Gasteiger partial charge in [0.15, 0.2) is 17.5 Å². The monoisotopic (exact) mass is 883 g/mol. The first kappa shape index (κ1) is 39.2. The zero-order chi connectivity index (χ0) is 45.7. The number of hydrogen-bond acceptors (Lipinski definition) is 4. The van der Waals surface area contributed by atoms with Crippen molar-refractivity contribution in [3.8, 4) is 78.9 Å². The van der Waals surface area contributed by atoms with E-state index in [0.29, 0.717) is 17.5 Å². The molecule has 6 nitrogen and oxygen atoms in total. The first-order valence-electron chi connectivity index (χ1n) is 23.5. The van der Waals surface area contributed by atoms with E-state index in [-0.39, 0.29) is 0 Å². The third-order valence-electron chi connectivity index (χ3n) is 14.1. The van der Waals surface area contributed by atoms with Gasteiger partial charge in [-0.1, -0.05) is 146 Å². The lowest BCUT2D eigenvalue weighted by atomic mass is 9.96. The Labute approximate surface area is 397 Å². The molecule has 14 rings (SSSR count). The van der Waals surface area contributed by atoms with Gasteiger partial charge in [-0.3, -0.25) is 0 Å². The van der Waals surface area contributed by atoms with Crippen molar-refractivity contribution in [1.29, 1.82) is 0 Å². The van der Waals surface area contributed by atoms with Crippen LogP contribution in [0.15, 0.2) is 218 Å². The summed E-state index contributed by atoms with van der Waals surface area (Å²) in [4.78, 5) is 15.1. The van der Waals surface area contributed by atoms with Gasteiger partial charge in [-0.05, 0) is 129 Å². The van der Waals surface area contributed by atoms with Gasteiger partial charge in [0.1, 0.15) is 0 Å². The summed E-state index contributed by atoms with van der Waals surface area (Å²) in [5, 5.41) is 18.2. The third kappa shape index (κ3) is 6.06. The van der Waals surface area contributed by atoms with Gasteiger partial charge in [0.2, 0.25) is 0 Å². The molecule has 1 unspecified atom stereocenters. The summed E-state index contributed by atoms with van der Waals surface area (Å²) in [6, 6.07) is 77.6. The second-order valence-electron chi connectivity index (χ2n) is 18.1. The molecule has 0 aliphatic heterocycles. The topological polar surface area (TPSA) is 68.8 Å². The van der Waals surface area contributed by atoms with Gasteiger partial charge in [-0.2, -0.15) is 0 Å². The van der Waals surface area contributed by atoms with Gasteiger partial charge < -0.3 is 14.2 Å². The van der Waals surface area contributed by atoms with Gasteiger partial charge in [0, 0.05) is 49.6 Å². The minimum Gasteiger partial charge on any atom is -0.389 e. The van der Waals surface area contributed by atoms with E-state index in [4.69, 9.17) is 15.0 Å². The van der Waals surface area contributed by atoms with E-state index in [9.17, 15) is 5.11 Å². The molecule has 3 heterocycles. The zero-order valence-electron chi connectivity index (χ0n) is 37.5. The summed E-state index contributed by atoms with van der Waals surface area (Å²) < 4.78 is 4.79. The molecule has 324 valence electrons. The second kappa shape index (κ2) is 15.3. The van der Waals surface area contributed by atoms with Gasteiger partial charge in [-0.15, -0.1) is 0 Å². The molecule has 10 aromatic carbocycles. The molecule has 69 heavy (non-hydrogen) atoms. The number of aromatic nitrogens is 5. The number of benzene rings is 10. The number of aliphatic hydroxyl groups excluding tert-OH is 1. The Hall–Kier alpha value is -8.97. The van der Waals surface area contributed by atoms with Crippen LogP contribution in [0.25, 0.3) is 133 Å². The first-order valence-corrected chi connectivity index (χ1v) is 23.5. The average molecular weight is 884 g/mol. The van der Waals surface area contributed by atoms with Gasteiger partial charge in [0.05, 0.1) is 28.2 Å². The Kier molecular flexibility index (Phi) is 8.69. The van der Waals surface area contributed by atoms with Gasteiger partial charge in [-0.25, -0.2) is 15.0 Å². The fraction of sp³-hybridized carbons (Fsp3) is 0.0317. The molecule has 13 aromatic rings. The van der Waals surface area contributed by atoms with Crippen molar-refractivity contribution in [2.24, 2.45) is 0 Å². The average Bonchev–Trinajstić information content (AvgIpc) is 4.05. The molecule has 0 saturated carbocycles. The SMILES string of the molecule is CC(O)c1ccccc1-c1nc(-c2ccccc2)nc(-c2ccc(-n3c4ccc(-c5ccc6c(c5)c5ccccc5n6-c5ccccc5)cc4c4c5cccc6c5c(cc43)-c3ccccc3-6)cc2)n1. The maximum Gasteiger partial charge on any atom is 0.164 e. The van der Waals surface area contributed by atoms with E-state index in [1.54, 1.807) is 6.92 Å². The molecular formula is C63H41N5O. The summed E-state index contributed by atoms with van der Waals surface area (Å²) in [6.45, 7) is 1.77. The smallest absolute Gasteiger partial charge is 0.164 e. The van der Waals surface area contributed by atoms with E-state index in [1.807, 2.05) is 54.6 Å². The standard InChI is InChI=1S/C63H41N5O/c1-38(69)45-19-8-11-23-50(45)63-65-61(39-15-4-2-5-16-39)64-62(66-63)40-27-31-44(32-28-40)68-57-34-30-42(41-29-33-56-52(35-41)48-22-12-13-26-55(48)67(56)43-17-6-3-7-18-43)36-54(57)60-51-25-14-24-49-46-20-9-10-21-47(46)53(59(49)51)37-58(60)68/h2-38,69H,1H3. The number of hydrogen-bond donors (Lipinski definition) is 1. The molecule has 0 spiro atoms. The van der Waals surface area contributed by atoms with Crippen LogP contribution in [0.3, 0.4) is 0 Å². The molecular weight excluding hydrogens is 843 g/mol. The number of rotatable bonds is 7. The summed E-state index contributed by atoms with van der Waals surface area (Å²) in [5.41, 5.74) is 17.6. The Morgan fingerprint density at radius 2 is 0.841 bits per heavy atom. The van der Waals surface area contributed by atoms with Crippen molar-refractivity contribution >= 4 is 54.4 Å². The van der Waals surface area contributed by atoms with Crippen LogP contribution in [-0.2, 0) is 0 Å². The lowest BCUT2D eigenvalue weighted by molar-refractivity contribution is 0.200. The minimum atomic E-state index is -0.692. The number of fused-ring (bicyclic) bond motifs is 10. The fourth-order valence-corrected chi connectivity index (χ4v) is 11.0. The number of aliphatic hydroxyl groups is 1. The lowest BCUT2D eigenvalue weighted by Crippen LogP contribution is -2.03. The predicted octanol–water partition coefficient (Wildman–Crippen LogP) is 15.6. The minimum absolute atomic E-state index is 0.517. The van der Waals surface area contributed by atoms with Crippen LogP contribution in [-0.4, -0.2) is 29.2 Å². The Balaban J connectivity index is 0.964. The molecule has 6 heteroatoms. The van der Waals surface area contributed by atoms with E-state index < -0.39 is 6.10 Å². The van der Waals surface area contributed by atoms with Crippen LogP contribution in [0.4, 0.5) is 0 Å². The summed E-state index contributed by atoms with van der Waals surface area (Å²) in [6.07, 6.45) is -0.692. The van der Waals surface area contributed by atoms with Crippen molar-refractivity contribution in [3.05, 3.63) is 224 Å². The number of para-hydroxylation sites is 2. The largest absolute Gasteiger partial charge is 0.389 e. The highest BCUT2D eigenvalue weighted by Gasteiger charge is 2.26. The first-order chi connectivity index (χ1) is 34.1. The van der Waals surface area contributed by atoms with Crippen LogP contribution < -0.4 is 0 Å². The summed E-state index contributed by atoms with van der Waals surface area (Å²) >= 11 is 0. The quantitative estimate of drug-likeness (QED) is 0.173. The van der Waals surface area contributed by atoms with Crippen LogP contribution in [0.2, 0.25) is 0 Å². The van der Waals surface area contributed by atoms with Crippen molar-refractivity contribution in [3.63, 3.8) is 0 Å². The van der Waals surface area contributed by atoms with Gasteiger partial charge >= 0.3 is 0 Å². The van der Waals surface area contributed by atoms with Gasteiger partial charge in [0.25, 0.3) is 0 Å². The van der Waals surface area contributed by atoms with Crippen LogP contribution in [0.5, 0.6) is 0 Å². The summed E-state index contributed by atoms with van der Waals surface area (Å²) in [7, 11) is 0. The Bertz CT molecular complexity index is 4210. The molecule has 0 bridgehead atoms. The molecule has 0 amide bonds. The molecule has 1 aliphatic rings. The maximum absolute atomic E-state index is 10.8. The van der Waals surface area contributed by atoms with E-state index >= 15 is 0 Å². The predicted molar refractivity (Wildman–Crippen MR) is 283 cm³/mol. The Morgan fingerprint density at radius 3 is 1.58 bits per heavy atom. The van der Waals surface area contributed by atoms with E-state index in [0.717, 1.165) is 44.7 Å². The van der Waals surface area contributed by atoms with Crippen molar-refractivity contribution < 1.29 is 5.11 Å². The number of nitrogens with zero attached hydrogens (tertiary/aromatic N) is 5. The van der Waals surface area contributed by atoms with Crippen LogP contribution in [0, 0.1) is 0 Å². The zero-order valence-corrected chi connectivity index (χ0v) is 37.5. The van der Waals surface area contributed by atoms with Crippen molar-refractivity contribution in [2.75, 3.05) is 0 Å². The normalized spacial score (nSPS) is 12.4. The van der Waals surface area contributed by atoms with E-state index in [2.05, 4.69) is 173 Å². The van der Waals surface area contributed by atoms with Crippen LogP contribution in [0.1, 0.15) is 18.6 Å². The lowest BCUT2D eigenvalue weighted by Gasteiger charge is -2.14. The van der Waals surface area contributed by atoms with Crippen molar-refractivity contribution in [2.45, 2.75) is 13.0 Å². The molecule has 3 aromatic heterocycles. The molecule has 1 aliphatic carbocycles. The Morgan fingerprint density at radius 1 is 0.333 bits per heavy atom. The maximum atomic E-state index is 10.8. The highest BCUT2D eigenvalue weighted by Crippen LogP contribution is 2.51. The highest BCUT2D eigenvalue weighted by molar-refractivity contribution is 6.29. The van der Waals surface area contributed by atoms with Crippen LogP contribution >= 0.6 is 0 Å². The molecule has 1 N–H and O–H groups in total. The molecule has 0 fully saturated rings. The molecule has 1 atom stereocenters.